The van der Waals surface area contributed by atoms with Crippen LogP contribution in [0.15, 0.2) is 5.11 Å². The Bertz CT molecular complexity index is 1490. The number of aliphatic hydroxyl groups is 6. The van der Waals surface area contributed by atoms with Gasteiger partial charge in [-0.1, -0.05) is 5.11 Å². The van der Waals surface area contributed by atoms with Crippen molar-refractivity contribution in [2.24, 2.45) is 5.11 Å². The maximum absolute atomic E-state index is 13.8. The predicted molar refractivity (Wildman–Crippen MR) is 165 cm³/mol. The van der Waals surface area contributed by atoms with Crippen molar-refractivity contribution < 1.29 is 64.1 Å². The Hall–Kier alpha value is -3.06. The molecule has 6 aliphatic rings. The number of fused-ring (bicyclic) bond motifs is 3. The van der Waals surface area contributed by atoms with Gasteiger partial charge in [0.15, 0.2) is 0 Å². The molecule has 49 heavy (non-hydrogen) atoms. The first-order chi connectivity index (χ1) is 23.2. The zero-order chi connectivity index (χ0) is 35.6. The highest BCUT2D eigenvalue weighted by molar-refractivity contribution is 8.00. The third-order valence-electron chi connectivity index (χ3n) is 9.44. The van der Waals surface area contributed by atoms with Crippen molar-refractivity contribution >= 4 is 70.8 Å². The van der Waals surface area contributed by atoms with Gasteiger partial charge in [-0.15, -0.1) is 35.3 Å². The van der Waals surface area contributed by atoms with Gasteiger partial charge in [-0.3, -0.25) is 24.0 Å². The number of amides is 5. The quantitative estimate of drug-likeness (QED) is 0.0542. The van der Waals surface area contributed by atoms with Gasteiger partial charge in [-0.2, -0.15) is 0 Å². The maximum atomic E-state index is 13.8. The molecule has 0 aliphatic carbocycles. The number of nitrogens with one attached hydrogen (secondary N) is 2. The van der Waals surface area contributed by atoms with Gasteiger partial charge in [0.05, 0.1) is 7.11 Å². The zero-order valence-electron chi connectivity index (χ0n) is 25.2. The first-order valence-corrected chi connectivity index (χ1v) is 18.0. The number of nitrogens with zero attached hydrogens (tertiary/aromatic N) is 6. The summed E-state index contributed by atoms with van der Waals surface area (Å²) in [6.07, 6.45) is -10.2. The second-order valence-electron chi connectivity index (χ2n) is 12.0. The van der Waals surface area contributed by atoms with Gasteiger partial charge in [0.1, 0.15) is 89.0 Å². The number of azide groups is 1. The molecule has 6 rings (SSSR count). The monoisotopic (exact) mass is 748 g/mol. The molecule has 0 radical (unpaired) electrons. The van der Waals surface area contributed by atoms with Crippen LogP contribution in [0.5, 0.6) is 0 Å². The minimum absolute atomic E-state index is 0.0765. The number of carbonyl (C=O) groups is 6. The summed E-state index contributed by atoms with van der Waals surface area (Å²) in [5, 5.41) is 68.8. The molecule has 0 unspecified atom stereocenters. The van der Waals surface area contributed by atoms with Crippen molar-refractivity contribution in [3.63, 3.8) is 0 Å². The van der Waals surface area contributed by atoms with E-state index in [0.717, 1.165) is 57.1 Å². The van der Waals surface area contributed by atoms with Crippen LogP contribution in [0.25, 0.3) is 10.4 Å². The fourth-order valence-electron chi connectivity index (χ4n) is 6.90. The molecule has 0 spiro atoms. The molecule has 8 N–H and O–H groups in total. The normalized spacial score (nSPS) is 43.0. The summed E-state index contributed by atoms with van der Waals surface area (Å²) in [5.74, 6) is -5.69. The number of ether oxygens (including phenoxy) is 1. The summed E-state index contributed by atoms with van der Waals surface area (Å²) in [5.41, 5.74) is 8.82. The zero-order valence-corrected chi connectivity index (χ0v) is 27.7. The van der Waals surface area contributed by atoms with E-state index in [1.165, 1.54) is 0 Å². The summed E-state index contributed by atoms with van der Waals surface area (Å²) < 4.78 is 4.75. The maximum Gasteiger partial charge on any atom is 0.329 e. The molecule has 24 heteroatoms. The summed E-state index contributed by atoms with van der Waals surface area (Å²) in [4.78, 5) is 85.1. The molecule has 0 aromatic carbocycles. The van der Waals surface area contributed by atoms with Crippen molar-refractivity contribution in [1.82, 2.24) is 25.3 Å². The molecule has 5 amide bonds. The van der Waals surface area contributed by atoms with Crippen LogP contribution >= 0.6 is 35.3 Å². The van der Waals surface area contributed by atoms with E-state index in [2.05, 4.69) is 20.7 Å². The highest BCUT2D eigenvalue weighted by Crippen LogP contribution is 2.41. The predicted octanol–water partition coefficient (Wildman–Crippen LogP) is -6.18. The van der Waals surface area contributed by atoms with Crippen molar-refractivity contribution in [1.29, 1.82) is 0 Å². The molecular weight excluding hydrogens is 717 g/mol. The molecule has 6 aliphatic heterocycles. The lowest BCUT2D eigenvalue weighted by Gasteiger charge is -2.44. The summed E-state index contributed by atoms with van der Waals surface area (Å²) in [6, 6.07) is -9.11. The van der Waals surface area contributed by atoms with Gasteiger partial charge in [0, 0.05) is 22.2 Å². The first-order valence-electron chi connectivity index (χ1n) is 14.9. The van der Waals surface area contributed by atoms with Gasteiger partial charge in [-0.05, 0) is 5.53 Å². The highest BCUT2D eigenvalue weighted by Gasteiger charge is 2.60. The second kappa shape index (κ2) is 13.6. The molecule has 21 nitrogen and oxygen atoms in total. The fourth-order valence-corrected chi connectivity index (χ4v) is 11.3. The number of esters is 1. The highest BCUT2D eigenvalue weighted by atomic mass is 32.2. The number of hydrogen-bond donors (Lipinski definition) is 8. The van der Waals surface area contributed by atoms with Gasteiger partial charge in [0.2, 0.25) is 29.5 Å². The van der Waals surface area contributed by atoms with Gasteiger partial charge < -0.3 is 60.7 Å². The lowest BCUT2D eigenvalue weighted by atomic mass is 9.94. The van der Waals surface area contributed by atoms with Gasteiger partial charge in [0.25, 0.3) is 0 Å². The number of methoxy groups -OCH3 is 1. The van der Waals surface area contributed by atoms with E-state index in [-0.39, 0.29) is 17.3 Å². The number of carbonyl (C=O) groups excluding carboxylic acids is 6. The van der Waals surface area contributed by atoms with Crippen LogP contribution in [0.3, 0.4) is 0 Å². The van der Waals surface area contributed by atoms with Crippen LogP contribution in [-0.4, -0.2) is 194 Å². The molecule has 0 aromatic rings. The number of rotatable bonds is 6. The Kier molecular flexibility index (Phi) is 9.91. The van der Waals surface area contributed by atoms with E-state index in [4.69, 9.17) is 10.3 Å². The molecule has 6 saturated heterocycles. The largest absolute Gasteiger partial charge is 0.467 e. The molecule has 6 heterocycles. The minimum atomic E-state index is -1.87. The Morgan fingerprint density at radius 2 is 1.08 bits per heavy atom. The smallest absolute Gasteiger partial charge is 0.329 e. The van der Waals surface area contributed by atoms with Crippen LogP contribution in [0, 0.1) is 0 Å². The number of aliphatic hydroxyl groups excluding tert-OH is 6. The Morgan fingerprint density at radius 1 is 0.694 bits per heavy atom. The molecule has 0 saturated carbocycles. The Labute approximate surface area is 288 Å². The first kappa shape index (κ1) is 35.8. The van der Waals surface area contributed by atoms with E-state index in [0.29, 0.717) is 0 Å². The van der Waals surface area contributed by atoms with E-state index in [1.807, 2.05) is 0 Å². The summed E-state index contributed by atoms with van der Waals surface area (Å²) in [7, 11) is 1.12. The van der Waals surface area contributed by atoms with E-state index in [1.54, 1.807) is 0 Å². The molecule has 0 bridgehead atoms. The molecule has 6 fully saturated rings. The third-order valence-corrected chi connectivity index (χ3v) is 13.5. The van der Waals surface area contributed by atoms with Crippen LogP contribution in [0.1, 0.15) is 0 Å². The van der Waals surface area contributed by atoms with Gasteiger partial charge >= 0.3 is 5.97 Å². The molecule has 268 valence electrons. The SMILES string of the molecule is COC(=O)[C@@H]1CS[C@H]2[C@@H](O)[C@@H](O)[C@H](NC(=O)[C@@H]3CS[C@H]4[C@@H](O)[C@@H](O)[C@H](NC(=O)[C@@H]5CS[C@H]6[C@@H](O)[C@@H](O)[C@H](N=[N+]=[N-])C(=O)N56)C(=O)N34)C(=O)N12. The second-order valence-corrected chi connectivity index (χ2v) is 15.5. The van der Waals surface area contributed by atoms with E-state index >= 15 is 0 Å². The van der Waals surface area contributed by atoms with Crippen molar-refractivity contribution in [2.45, 2.75) is 89.0 Å². The average Bonchev–Trinajstić information content (AvgIpc) is 3.84. The summed E-state index contributed by atoms with van der Waals surface area (Å²) in [6.45, 7) is 0. The average molecular weight is 749 g/mol. The minimum Gasteiger partial charge on any atom is -0.467 e. The van der Waals surface area contributed by atoms with Crippen LogP contribution < -0.4 is 10.6 Å². The number of hydrogen-bond acceptors (Lipinski definition) is 17. The standard InChI is InChI=1S/C25H32N8O13S3/c1-46-25(45)7-4-49-24-15(38)12(35)9(20(43)33(7)24)28-17(40)5-2-47-22-14(37)11(34)8(19(42)31(5)22)27-18(41)6-3-48-23-16(39)13(36)10(29-30-26)21(44)32(6)23/h5-16,22-24,34-39H,2-4H2,1H3,(H,27,41)(H,28,40)/t5-,6-,7-,8-,9-,10-,11-,12-,13-,14-,15-,16-,22-,23-,24-/m0/s1. The van der Waals surface area contributed by atoms with Crippen LogP contribution in [0.2, 0.25) is 0 Å². The van der Waals surface area contributed by atoms with Crippen molar-refractivity contribution in [2.75, 3.05) is 24.4 Å². The lowest BCUT2D eigenvalue weighted by Crippen LogP contribution is -2.72. The molecule has 0 aromatic heterocycles. The Balaban J connectivity index is 1.18. The van der Waals surface area contributed by atoms with Crippen LogP contribution in [0.4, 0.5) is 0 Å². The topological polar surface area (TPSA) is 316 Å². The third kappa shape index (κ3) is 5.67. The van der Waals surface area contributed by atoms with E-state index in [9.17, 15) is 59.4 Å². The van der Waals surface area contributed by atoms with E-state index < -0.39 is 125 Å². The lowest BCUT2D eigenvalue weighted by molar-refractivity contribution is -0.166. The van der Waals surface area contributed by atoms with Crippen molar-refractivity contribution in [3.8, 4) is 0 Å². The summed E-state index contributed by atoms with van der Waals surface area (Å²) >= 11 is 2.93. The van der Waals surface area contributed by atoms with Crippen LogP contribution in [-0.2, 0) is 33.5 Å². The van der Waals surface area contributed by atoms with Crippen molar-refractivity contribution in [3.05, 3.63) is 10.4 Å². The number of thioether (sulfide) groups is 3. The molecule has 15 atom stereocenters. The fraction of sp³-hybridized carbons (Fsp3) is 0.760. The molecular formula is C25H32N8O13S3. The van der Waals surface area contributed by atoms with Gasteiger partial charge in [-0.25, -0.2) is 4.79 Å². The number of piperidine rings is 3. The Morgan fingerprint density at radius 3 is 1.51 bits per heavy atom.